The minimum absolute atomic E-state index is 0. The maximum Gasteiger partial charge on any atom is 0.407 e. The molecular weight excluding hydrogens is 749 g/mol. The number of nitrogens with one attached hydrogen (secondary N) is 4. The average Bonchev–Trinajstić information content (AvgIpc) is 4.10. The third kappa shape index (κ3) is 7.81. The van der Waals surface area contributed by atoms with Gasteiger partial charge in [-0.1, -0.05) is 83.7 Å². The van der Waals surface area contributed by atoms with Gasteiger partial charge in [0.1, 0.15) is 23.7 Å². The van der Waals surface area contributed by atoms with Crippen molar-refractivity contribution in [2.75, 3.05) is 14.2 Å². The first kappa shape index (κ1) is 41.5. The van der Waals surface area contributed by atoms with E-state index in [1.165, 1.54) is 14.2 Å². The molecule has 14 nitrogen and oxygen atoms in total. The molecule has 4 aliphatic rings. The van der Waals surface area contributed by atoms with Crippen molar-refractivity contribution in [1.82, 2.24) is 40.4 Å². The van der Waals surface area contributed by atoms with E-state index in [1.807, 2.05) is 49.9 Å². The van der Waals surface area contributed by atoms with E-state index >= 15 is 0 Å². The zero-order valence-corrected chi connectivity index (χ0v) is 34.0. The first-order valence-electron chi connectivity index (χ1n) is 20.6. The van der Waals surface area contributed by atoms with Crippen molar-refractivity contribution in [3.8, 4) is 33.6 Å². The first-order valence-corrected chi connectivity index (χ1v) is 20.6. The van der Waals surface area contributed by atoms with Crippen LogP contribution in [0.15, 0.2) is 60.9 Å². The van der Waals surface area contributed by atoms with Gasteiger partial charge in [-0.05, 0) is 84.5 Å². The van der Waals surface area contributed by atoms with Crippen LogP contribution in [0.4, 0.5) is 9.59 Å². The second kappa shape index (κ2) is 16.9. The maximum atomic E-state index is 13.9. The number of methoxy groups -OCH3 is 2. The number of carbonyl (C=O) groups excluding carboxylic acids is 4. The minimum Gasteiger partial charge on any atom is -0.453 e. The smallest absolute Gasteiger partial charge is 0.407 e. The highest BCUT2D eigenvalue weighted by Gasteiger charge is 2.53. The van der Waals surface area contributed by atoms with Gasteiger partial charge in [0.05, 0.1) is 50.1 Å². The van der Waals surface area contributed by atoms with E-state index < -0.39 is 24.3 Å². The molecule has 4 amide bonds. The molecule has 4 fully saturated rings. The summed E-state index contributed by atoms with van der Waals surface area (Å²) in [7, 11) is 2.61. The van der Waals surface area contributed by atoms with Crippen LogP contribution in [0.1, 0.15) is 97.4 Å². The average molecular weight is 807 g/mol. The number of benzene rings is 2. The van der Waals surface area contributed by atoms with Gasteiger partial charge in [0.2, 0.25) is 11.8 Å². The minimum atomic E-state index is -0.681. The molecule has 2 saturated carbocycles. The molecule has 0 spiro atoms. The second-order valence-corrected chi connectivity index (χ2v) is 17.1. The summed E-state index contributed by atoms with van der Waals surface area (Å²) in [6.07, 6.45) is 8.31. The van der Waals surface area contributed by atoms with Crippen LogP contribution in [0, 0.1) is 23.7 Å². The van der Waals surface area contributed by atoms with Crippen LogP contribution in [0.2, 0.25) is 0 Å². The van der Waals surface area contributed by atoms with Crippen molar-refractivity contribution in [3.05, 3.63) is 72.6 Å². The lowest BCUT2D eigenvalue weighted by molar-refractivity contribution is -0.140. The number of piperidine rings is 2. The van der Waals surface area contributed by atoms with Gasteiger partial charge >= 0.3 is 12.2 Å². The molecule has 314 valence electrons. The normalized spacial score (nSPS) is 23.9. The lowest BCUT2D eigenvalue weighted by atomic mass is 9.95. The number of hydrogen-bond donors (Lipinski definition) is 4. The van der Waals surface area contributed by atoms with Crippen molar-refractivity contribution < 1.29 is 28.7 Å². The van der Waals surface area contributed by atoms with Gasteiger partial charge in [-0.2, -0.15) is 0 Å². The molecule has 4 bridgehead atoms. The Morgan fingerprint density at radius 3 is 1.31 bits per heavy atom. The second-order valence-electron chi connectivity index (χ2n) is 17.1. The Kier molecular flexibility index (Phi) is 11.9. The molecule has 2 aromatic heterocycles. The number of imidazole rings is 2. The van der Waals surface area contributed by atoms with E-state index in [1.54, 1.807) is 0 Å². The number of fused-ring (bicyclic) bond motifs is 4. The van der Waals surface area contributed by atoms with Crippen molar-refractivity contribution in [3.63, 3.8) is 0 Å². The van der Waals surface area contributed by atoms with Crippen molar-refractivity contribution in [2.24, 2.45) is 23.7 Å². The Labute approximate surface area is 346 Å². The number of H-pyrrole nitrogens is 2. The molecule has 0 radical (unpaired) electrons. The SMILES string of the molecule is C.COC(=O)N[C@H](C(=O)N1[C@@H]2CC[C@@H](C2)[C@H]1c1ncc(-c2ccc(-c3ccc(-c4cnc([C@@H]5[C@H]6CC[C@H](C6)N5C(=O)[C@@H](NC(=O)OC)C(C)C)[nH]4)cc3)cc2)[nH]1)C(C)C. The number of rotatable bonds is 11. The topological polar surface area (TPSA) is 175 Å². The van der Waals surface area contributed by atoms with Crippen molar-refractivity contribution in [1.29, 1.82) is 0 Å². The molecule has 8 atom stereocenters. The van der Waals surface area contributed by atoms with E-state index in [-0.39, 0.29) is 55.2 Å². The van der Waals surface area contributed by atoms with Crippen LogP contribution in [0.5, 0.6) is 0 Å². The molecule has 2 aromatic carbocycles. The molecule has 4 aromatic rings. The number of ether oxygens (including phenoxy) is 2. The molecule has 59 heavy (non-hydrogen) atoms. The number of likely N-dealkylation sites (tertiary alicyclic amines) is 2. The van der Waals surface area contributed by atoms with Crippen LogP contribution in [-0.2, 0) is 19.1 Å². The number of amides is 4. The van der Waals surface area contributed by atoms with Gasteiger partial charge in [0.15, 0.2) is 0 Å². The first-order chi connectivity index (χ1) is 27.9. The van der Waals surface area contributed by atoms with E-state index in [0.29, 0.717) is 11.8 Å². The van der Waals surface area contributed by atoms with Crippen LogP contribution in [0.25, 0.3) is 33.6 Å². The van der Waals surface area contributed by atoms with Crippen LogP contribution in [0.3, 0.4) is 0 Å². The largest absolute Gasteiger partial charge is 0.453 e. The highest BCUT2D eigenvalue weighted by molar-refractivity contribution is 5.88. The number of aromatic nitrogens is 4. The Bertz CT molecular complexity index is 1990. The van der Waals surface area contributed by atoms with Crippen LogP contribution < -0.4 is 10.6 Å². The van der Waals surface area contributed by atoms with E-state index in [4.69, 9.17) is 19.4 Å². The van der Waals surface area contributed by atoms with E-state index in [9.17, 15) is 19.2 Å². The number of hydrogen-bond acceptors (Lipinski definition) is 8. The fourth-order valence-corrected chi connectivity index (χ4v) is 9.99. The summed E-state index contributed by atoms with van der Waals surface area (Å²) in [4.78, 5) is 72.7. The van der Waals surface area contributed by atoms with Gasteiger partial charge in [-0.3, -0.25) is 9.59 Å². The van der Waals surface area contributed by atoms with Gasteiger partial charge in [-0.15, -0.1) is 0 Å². The van der Waals surface area contributed by atoms with E-state index in [2.05, 4.69) is 69.1 Å². The summed E-state index contributed by atoms with van der Waals surface area (Å²) < 4.78 is 9.64. The predicted molar refractivity (Wildman–Crippen MR) is 224 cm³/mol. The van der Waals surface area contributed by atoms with Crippen LogP contribution in [-0.4, -0.2) is 92.1 Å². The quantitative estimate of drug-likeness (QED) is 0.120. The number of aromatic amines is 2. The third-order valence-electron chi connectivity index (χ3n) is 12.9. The number of carbonyl (C=O) groups is 4. The predicted octanol–water partition coefficient (Wildman–Crippen LogP) is 7.64. The monoisotopic (exact) mass is 806 g/mol. The molecular formula is C45H58N8O6. The lowest BCUT2D eigenvalue weighted by Gasteiger charge is -2.37. The molecule has 4 N–H and O–H groups in total. The van der Waals surface area contributed by atoms with Crippen LogP contribution >= 0.6 is 0 Å². The van der Waals surface area contributed by atoms with Gasteiger partial charge in [0.25, 0.3) is 0 Å². The zero-order chi connectivity index (χ0) is 40.8. The summed E-state index contributed by atoms with van der Waals surface area (Å²) in [5, 5.41) is 5.51. The summed E-state index contributed by atoms with van der Waals surface area (Å²) in [6.45, 7) is 7.71. The van der Waals surface area contributed by atoms with Gasteiger partial charge in [0, 0.05) is 12.1 Å². The Morgan fingerprint density at radius 1 is 0.610 bits per heavy atom. The van der Waals surface area contributed by atoms with E-state index in [0.717, 1.165) is 83.8 Å². The standard InChI is InChI=1S/C44H54N8O6.CH4/c1-23(2)35(49-43(55)57-5)41(53)51-31-17-15-29(19-31)37(51)39-45-21-33(47-39)27-11-7-25(8-12-27)26-9-13-28(14-10-26)34-22-46-40(48-34)38-30-16-18-32(20-30)52(38)42(54)36(24(3)4)50-44(56)58-6;/h7-14,21-24,29-32,35-38H,15-20H2,1-6H3,(H,45,47)(H,46,48)(H,49,55)(H,50,56);1H4/t29-,30-,31+,32+,35-,36-,37-,38-;/m0./s1. The zero-order valence-electron chi connectivity index (χ0n) is 34.0. The van der Waals surface area contributed by atoms with Gasteiger partial charge in [-0.25, -0.2) is 19.6 Å². The third-order valence-corrected chi connectivity index (χ3v) is 12.9. The van der Waals surface area contributed by atoms with Crippen molar-refractivity contribution >= 4 is 24.0 Å². The summed E-state index contributed by atoms with van der Waals surface area (Å²) in [5.74, 6) is 1.78. The molecule has 2 aliphatic heterocycles. The molecule has 2 aliphatic carbocycles. The Morgan fingerprint density at radius 2 is 0.966 bits per heavy atom. The molecule has 0 unspecified atom stereocenters. The number of nitrogens with zero attached hydrogens (tertiary/aromatic N) is 4. The molecule has 2 saturated heterocycles. The summed E-state index contributed by atoms with van der Waals surface area (Å²) in [6, 6.07) is 15.2. The Balaban J connectivity index is 0.00000528. The highest BCUT2D eigenvalue weighted by atomic mass is 16.5. The summed E-state index contributed by atoms with van der Waals surface area (Å²) in [5.41, 5.74) is 5.88. The highest BCUT2D eigenvalue weighted by Crippen LogP contribution is 2.51. The maximum absolute atomic E-state index is 13.9. The molecule has 8 rings (SSSR count). The number of alkyl carbamates (subject to hydrolysis) is 2. The Hall–Kier alpha value is -5.66. The molecule has 14 heteroatoms. The fourth-order valence-electron chi connectivity index (χ4n) is 9.99. The van der Waals surface area contributed by atoms with Crippen molar-refractivity contribution in [2.45, 2.75) is 110 Å². The fraction of sp³-hybridized carbons (Fsp3) is 0.511. The molecule has 4 heterocycles. The summed E-state index contributed by atoms with van der Waals surface area (Å²) >= 11 is 0. The van der Waals surface area contributed by atoms with Gasteiger partial charge < -0.3 is 39.9 Å². The lowest BCUT2D eigenvalue weighted by Crippen LogP contribution is -2.54.